The van der Waals surface area contributed by atoms with E-state index in [0.29, 0.717) is 31.9 Å². The average Bonchev–Trinajstić information content (AvgIpc) is 2.90. The molecule has 3 rings (SSSR count). The fraction of sp³-hybridized carbons (Fsp3) is 0.294. The highest BCUT2D eigenvalue weighted by Crippen LogP contribution is 2.32. The first kappa shape index (κ1) is 18.2. The van der Waals surface area contributed by atoms with Gasteiger partial charge in [0.2, 0.25) is 5.91 Å². The number of imide groups is 1. The third-order valence-corrected chi connectivity index (χ3v) is 4.89. The molecule has 0 aromatic heterocycles. The van der Waals surface area contributed by atoms with Crippen molar-refractivity contribution in [2.45, 2.75) is 0 Å². The molecule has 0 saturated carbocycles. The number of carbonyl (C=O) groups is 4. The fourth-order valence-electron chi connectivity index (χ4n) is 2.56. The number of ether oxygens (including phenoxy) is 1. The molecular formula is C17H16N2O6S. The lowest BCUT2D eigenvalue weighted by atomic mass is 10.1. The van der Waals surface area contributed by atoms with Crippen LogP contribution in [0.2, 0.25) is 0 Å². The lowest BCUT2D eigenvalue weighted by molar-refractivity contribution is -0.139. The van der Waals surface area contributed by atoms with Crippen molar-refractivity contribution in [3.63, 3.8) is 0 Å². The molecule has 0 radical (unpaired) electrons. The second-order valence-electron chi connectivity index (χ2n) is 5.69. The molecule has 2 aliphatic rings. The lowest BCUT2D eigenvalue weighted by Crippen LogP contribution is -2.46. The quantitative estimate of drug-likeness (QED) is 0.789. The zero-order chi connectivity index (χ0) is 18.7. The monoisotopic (exact) mass is 376 g/mol. The van der Waals surface area contributed by atoms with Crippen LogP contribution >= 0.6 is 11.8 Å². The molecule has 0 unspecified atom stereocenters. The topological polar surface area (TPSA) is 104 Å². The number of carbonyl (C=O) groups excluding carboxylic acids is 3. The molecule has 1 aromatic carbocycles. The minimum atomic E-state index is -1.04. The number of carboxylic acid groups (broad SMARTS) is 1. The van der Waals surface area contributed by atoms with Crippen LogP contribution in [0.1, 0.15) is 15.9 Å². The number of hydrogen-bond donors (Lipinski definition) is 1. The van der Waals surface area contributed by atoms with E-state index in [9.17, 15) is 19.2 Å². The molecule has 2 heterocycles. The van der Waals surface area contributed by atoms with E-state index in [1.807, 2.05) is 0 Å². The average molecular weight is 376 g/mol. The number of morpholine rings is 1. The molecule has 136 valence electrons. The van der Waals surface area contributed by atoms with Gasteiger partial charge in [-0.15, -0.1) is 0 Å². The number of amides is 3. The minimum Gasteiger partial charge on any atom is -0.478 e. The third-order valence-electron chi connectivity index (χ3n) is 3.99. The van der Waals surface area contributed by atoms with Gasteiger partial charge in [-0.3, -0.25) is 19.3 Å². The number of hydrogen-bond acceptors (Lipinski definition) is 6. The molecule has 0 atom stereocenters. The van der Waals surface area contributed by atoms with Gasteiger partial charge in [0.05, 0.1) is 23.7 Å². The maximum atomic E-state index is 12.4. The van der Waals surface area contributed by atoms with Crippen molar-refractivity contribution >= 4 is 40.9 Å². The van der Waals surface area contributed by atoms with E-state index >= 15 is 0 Å². The zero-order valence-electron chi connectivity index (χ0n) is 13.7. The van der Waals surface area contributed by atoms with Gasteiger partial charge in [0.25, 0.3) is 11.1 Å². The zero-order valence-corrected chi connectivity index (χ0v) is 14.5. The first-order valence-corrected chi connectivity index (χ1v) is 8.71. The first-order chi connectivity index (χ1) is 12.5. The van der Waals surface area contributed by atoms with E-state index in [0.717, 1.165) is 16.7 Å². The predicted octanol–water partition coefficient (Wildman–Crippen LogP) is 1.28. The van der Waals surface area contributed by atoms with Crippen LogP contribution in [0.25, 0.3) is 6.08 Å². The van der Waals surface area contributed by atoms with Crippen molar-refractivity contribution in [2.24, 2.45) is 0 Å². The molecule has 26 heavy (non-hydrogen) atoms. The molecule has 2 aliphatic heterocycles. The van der Waals surface area contributed by atoms with E-state index < -0.39 is 17.1 Å². The first-order valence-electron chi connectivity index (χ1n) is 7.90. The van der Waals surface area contributed by atoms with Crippen LogP contribution in [0.3, 0.4) is 0 Å². The summed E-state index contributed by atoms with van der Waals surface area (Å²) in [6.07, 6.45) is 1.51. The van der Waals surface area contributed by atoms with E-state index in [1.165, 1.54) is 18.2 Å². The Morgan fingerprint density at radius 2 is 1.81 bits per heavy atom. The van der Waals surface area contributed by atoms with Crippen molar-refractivity contribution < 1.29 is 29.0 Å². The van der Waals surface area contributed by atoms with Crippen LogP contribution in [0.15, 0.2) is 29.2 Å². The Hall–Kier alpha value is -2.65. The van der Waals surface area contributed by atoms with Gasteiger partial charge in [-0.05, 0) is 35.5 Å². The summed E-state index contributed by atoms with van der Waals surface area (Å²) >= 11 is 0.763. The maximum Gasteiger partial charge on any atom is 0.335 e. The number of benzene rings is 1. The van der Waals surface area contributed by atoms with Crippen molar-refractivity contribution in [1.82, 2.24) is 9.80 Å². The van der Waals surface area contributed by atoms with Crippen molar-refractivity contribution in [2.75, 3.05) is 32.8 Å². The van der Waals surface area contributed by atoms with Crippen LogP contribution in [0.5, 0.6) is 0 Å². The summed E-state index contributed by atoms with van der Waals surface area (Å²) in [6, 6.07) is 5.94. The molecule has 0 aliphatic carbocycles. The Morgan fingerprint density at radius 3 is 2.42 bits per heavy atom. The van der Waals surface area contributed by atoms with Gasteiger partial charge in [0.1, 0.15) is 6.54 Å². The molecular weight excluding hydrogens is 360 g/mol. The SMILES string of the molecule is O=C(O)c1ccc(/C=C2/SC(=O)N(CC(=O)N3CCOCC3)C2=O)cc1. The Labute approximate surface area is 153 Å². The number of rotatable bonds is 4. The van der Waals surface area contributed by atoms with Gasteiger partial charge in [-0.25, -0.2) is 4.79 Å². The normalized spacial score (nSPS) is 19.3. The number of carboxylic acids is 1. The third kappa shape index (κ3) is 3.94. The Kier molecular flexibility index (Phi) is 5.38. The van der Waals surface area contributed by atoms with Gasteiger partial charge in [0.15, 0.2) is 0 Å². The van der Waals surface area contributed by atoms with Crippen LogP contribution in [-0.4, -0.2) is 70.8 Å². The van der Waals surface area contributed by atoms with Gasteiger partial charge < -0.3 is 14.7 Å². The molecule has 0 spiro atoms. The Morgan fingerprint density at radius 1 is 1.15 bits per heavy atom. The van der Waals surface area contributed by atoms with Crippen LogP contribution in [0, 0.1) is 0 Å². The molecule has 1 aromatic rings. The van der Waals surface area contributed by atoms with Gasteiger partial charge in [-0.1, -0.05) is 12.1 Å². The molecule has 3 amide bonds. The molecule has 2 saturated heterocycles. The van der Waals surface area contributed by atoms with Crippen LogP contribution in [0.4, 0.5) is 4.79 Å². The van der Waals surface area contributed by atoms with Crippen molar-refractivity contribution in [3.05, 3.63) is 40.3 Å². The van der Waals surface area contributed by atoms with Crippen LogP contribution < -0.4 is 0 Å². The highest BCUT2D eigenvalue weighted by atomic mass is 32.2. The van der Waals surface area contributed by atoms with Crippen LogP contribution in [-0.2, 0) is 14.3 Å². The Balaban J connectivity index is 1.69. The second kappa shape index (κ2) is 7.71. The highest BCUT2D eigenvalue weighted by molar-refractivity contribution is 8.18. The summed E-state index contributed by atoms with van der Waals surface area (Å²) < 4.78 is 5.18. The summed E-state index contributed by atoms with van der Waals surface area (Å²) in [4.78, 5) is 50.4. The molecule has 9 heteroatoms. The van der Waals surface area contributed by atoms with E-state index in [4.69, 9.17) is 9.84 Å². The summed E-state index contributed by atoms with van der Waals surface area (Å²) in [5, 5.41) is 8.40. The highest BCUT2D eigenvalue weighted by Gasteiger charge is 2.37. The molecule has 2 fully saturated rings. The minimum absolute atomic E-state index is 0.131. The molecule has 8 nitrogen and oxygen atoms in total. The predicted molar refractivity (Wildman–Crippen MR) is 93.5 cm³/mol. The summed E-state index contributed by atoms with van der Waals surface area (Å²) in [7, 11) is 0. The largest absolute Gasteiger partial charge is 0.478 e. The van der Waals surface area contributed by atoms with E-state index in [-0.39, 0.29) is 22.9 Å². The summed E-state index contributed by atoms with van der Waals surface area (Å²) in [5.41, 5.74) is 0.728. The summed E-state index contributed by atoms with van der Waals surface area (Å²) in [6.45, 7) is 1.49. The number of aromatic carboxylic acids is 1. The molecule has 0 bridgehead atoms. The maximum absolute atomic E-state index is 12.4. The number of thioether (sulfide) groups is 1. The van der Waals surface area contributed by atoms with E-state index in [1.54, 1.807) is 17.0 Å². The van der Waals surface area contributed by atoms with Crippen molar-refractivity contribution in [3.8, 4) is 0 Å². The van der Waals surface area contributed by atoms with Gasteiger partial charge >= 0.3 is 5.97 Å². The molecule has 1 N–H and O–H groups in total. The van der Waals surface area contributed by atoms with E-state index in [2.05, 4.69) is 0 Å². The Bertz CT molecular complexity index is 783. The van der Waals surface area contributed by atoms with Crippen molar-refractivity contribution in [1.29, 1.82) is 0 Å². The smallest absolute Gasteiger partial charge is 0.335 e. The second-order valence-corrected chi connectivity index (χ2v) is 6.68. The lowest BCUT2D eigenvalue weighted by Gasteiger charge is -2.28. The fourth-order valence-corrected chi connectivity index (χ4v) is 3.40. The van der Waals surface area contributed by atoms with Gasteiger partial charge in [0, 0.05) is 13.1 Å². The standard InChI is InChI=1S/C17H16N2O6S/c20-14(18-5-7-25-8-6-18)10-19-15(21)13(26-17(19)24)9-11-1-3-12(4-2-11)16(22)23/h1-4,9H,5-8,10H2,(H,22,23)/b13-9+. The number of nitrogens with zero attached hydrogens (tertiary/aromatic N) is 2. The van der Waals surface area contributed by atoms with Gasteiger partial charge in [-0.2, -0.15) is 0 Å². The summed E-state index contributed by atoms with van der Waals surface area (Å²) in [5.74, 6) is -1.86.